The van der Waals surface area contributed by atoms with Crippen molar-refractivity contribution >= 4 is 21.8 Å². The molecule has 0 radical (unpaired) electrons. The van der Waals surface area contributed by atoms with Gasteiger partial charge in [-0.15, -0.1) is 0 Å². The Kier molecular flexibility index (Phi) is 6.81. The lowest BCUT2D eigenvalue weighted by Crippen LogP contribution is -2.48. The highest BCUT2D eigenvalue weighted by Crippen LogP contribution is 2.39. The Labute approximate surface area is 240 Å². The number of aromatic nitrogens is 4. The van der Waals surface area contributed by atoms with E-state index >= 15 is 0 Å². The van der Waals surface area contributed by atoms with E-state index in [2.05, 4.69) is 9.97 Å². The van der Waals surface area contributed by atoms with Crippen molar-refractivity contribution in [3.05, 3.63) is 88.4 Å². The van der Waals surface area contributed by atoms with Gasteiger partial charge in [-0.3, -0.25) is 14.5 Å². The summed E-state index contributed by atoms with van der Waals surface area (Å²) in [7, 11) is -1.91. The summed E-state index contributed by atoms with van der Waals surface area (Å²) in [4.78, 5) is 23.7. The Morgan fingerprint density at radius 3 is 2.43 bits per heavy atom. The largest absolute Gasteiger partial charge is 0.418 e. The van der Waals surface area contributed by atoms with Crippen molar-refractivity contribution in [1.82, 2.24) is 23.4 Å². The molecule has 6 rings (SSSR count). The van der Waals surface area contributed by atoms with E-state index < -0.39 is 27.5 Å². The van der Waals surface area contributed by atoms with Crippen LogP contribution in [0.1, 0.15) is 16.8 Å². The van der Waals surface area contributed by atoms with Gasteiger partial charge >= 0.3 is 11.9 Å². The Hall–Kier alpha value is -4.23. The highest BCUT2D eigenvalue weighted by molar-refractivity contribution is 7.88. The maximum Gasteiger partial charge on any atom is 0.418 e. The monoisotopic (exact) mass is 596 g/mol. The number of anilines is 1. The van der Waals surface area contributed by atoms with E-state index in [0.717, 1.165) is 41.1 Å². The Bertz CT molecular complexity index is 1890. The first-order valence-electron chi connectivity index (χ1n) is 13.2. The van der Waals surface area contributed by atoms with Crippen LogP contribution in [0, 0.1) is 0 Å². The summed E-state index contributed by atoms with van der Waals surface area (Å²) in [5.41, 5.74) is 2.97. The predicted octanol–water partition coefficient (Wildman–Crippen LogP) is 3.97. The fourth-order valence-corrected chi connectivity index (χ4v) is 6.27. The third kappa shape index (κ3) is 5.13. The number of aryl methyl sites for hydroxylation is 1. The van der Waals surface area contributed by atoms with E-state index in [0.29, 0.717) is 11.4 Å². The first kappa shape index (κ1) is 27.9. The smallest absolute Gasteiger partial charge is 0.368 e. The molecule has 218 valence electrons. The number of piperazine rings is 1. The third-order valence-electron chi connectivity index (χ3n) is 7.61. The van der Waals surface area contributed by atoms with Gasteiger partial charge in [0, 0.05) is 69.5 Å². The van der Waals surface area contributed by atoms with Gasteiger partial charge in [-0.25, -0.2) is 13.2 Å². The van der Waals surface area contributed by atoms with Gasteiger partial charge in [0.05, 0.1) is 34.6 Å². The molecule has 4 heterocycles. The minimum Gasteiger partial charge on any atom is -0.368 e. The Morgan fingerprint density at radius 2 is 1.71 bits per heavy atom. The summed E-state index contributed by atoms with van der Waals surface area (Å²) in [6, 6.07) is 9.39. The van der Waals surface area contributed by atoms with E-state index in [9.17, 15) is 26.4 Å². The minimum absolute atomic E-state index is 0.0398. The highest BCUT2D eigenvalue weighted by Gasteiger charge is 2.37. The molecule has 0 N–H and O–H groups in total. The molecule has 0 bridgehead atoms. The summed E-state index contributed by atoms with van der Waals surface area (Å²) < 4.78 is 70.6. The third-order valence-corrected chi connectivity index (χ3v) is 8.91. The van der Waals surface area contributed by atoms with Crippen molar-refractivity contribution in [3.63, 3.8) is 0 Å². The predicted molar refractivity (Wildman–Crippen MR) is 154 cm³/mol. The fraction of sp³-hybridized carbons (Fsp3) is 0.276. The number of fused-ring (bicyclic) bond motifs is 1. The van der Waals surface area contributed by atoms with Gasteiger partial charge in [-0.1, -0.05) is 12.2 Å². The summed E-state index contributed by atoms with van der Waals surface area (Å²) in [6.07, 6.45) is 6.10. The lowest BCUT2D eigenvalue weighted by atomic mass is 10.0. The fourth-order valence-electron chi connectivity index (χ4n) is 5.44. The molecule has 0 unspecified atom stereocenters. The van der Waals surface area contributed by atoms with Gasteiger partial charge in [0.25, 0.3) is 0 Å². The van der Waals surface area contributed by atoms with E-state index in [1.54, 1.807) is 24.7 Å². The molecular weight excluding hydrogens is 569 g/mol. The molecule has 1 aliphatic heterocycles. The maximum atomic E-state index is 14.4. The highest BCUT2D eigenvalue weighted by atomic mass is 32.2. The van der Waals surface area contributed by atoms with Crippen LogP contribution in [0.25, 0.3) is 34.3 Å². The number of imidazole rings is 1. The van der Waals surface area contributed by atoms with Crippen LogP contribution < -0.4 is 10.6 Å². The second kappa shape index (κ2) is 10.2. The van der Waals surface area contributed by atoms with Crippen LogP contribution in [-0.4, -0.2) is 64.3 Å². The van der Waals surface area contributed by atoms with Crippen molar-refractivity contribution in [2.24, 2.45) is 7.05 Å². The second-order valence-electron chi connectivity index (χ2n) is 10.4. The van der Waals surface area contributed by atoms with Crippen molar-refractivity contribution in [2.45, 2.75) is 12.6 Å². The van der Waals surface area contributed by atoms with Crippen LogP contribution in [0.5, 0.6) is 0 Å². The molecule has 0 spiro atoms. The van der Waals surface area contributed by atoms with Gasteiger partial charge in [-0.05, 0) is 47.5 Å². The molecule has 1 fully saturated rings. The van der Waals surface area contributed by atoms with Crippen molar-refractivity contribution < 1.29 is 21.6 Å². The zero-order valence-corrected chi connectivity index (χ0v) is 23.7. The summed E-state index contributed by atoms with van der Waals surface area (Å²) in [5.74, 6) is 0. The standard InChI is InChI=1S/C29H27F3N6O3S/c1-35-18-27(25-15-19(8-9-33-25)21-14-20-4-3-5-24(20)34-17-21)38(28(35)39)22-6-7-26(23(16-22)29(30,31)32)36-10-12-37(13-11-36)42(2,40)41/h3-4,6-9,14-18H,5,10-13H2,1-2H3. The molecule has 0 amide bonds. The SMILES string of the molecule is Cn1cc(-c2cc(-c3cnc4c(c3)C=CC4)ccn2)n(-c2ccc(N3CCN(S(C)(=O)=O)CC3)c(C(F)(F)F)c2)c1=O. The van der Waals surface area contributed by atoms with Crippen LogP contribution in [0.3, 0.4) is 0 Å². The van der Waals surface area contributed by atoms with Gasteiger partial charge in [0.1, 0.15) is 0 Å². The molecule has 4 aromatic rings. The average Bonchev–Trinajstić information content (AvgIpc) is 3.55. The lowest BCUT2D eigenvalue weighted by molar-refractivity contribution is -0.137. The molecule has 13 heteroatoms. The number of pyridine rings is 2. The second-order valence-corrected chi connectivity index (χ2v) is 12.4. The molecule has 0 saturated carbocycles. The van der Waals surface area contributed by atoms with E-state index in [1.165, 1.54) is 37.5 Å². The summed E-state index contributed by atoms with van der Waals surface area (Å²) in [5, 5.41) is 0. The van der Waals surface area contributed by atoms with Crippen LogP contribution in [0.2, 0.25) is 0 Å². The molecular formula is C29H27F3N6O3S. The van der Waals surface area contributed by atoms with Gasteiger partial charge in [0.15, 0.2) is 0 Å². The first-order valence-corrected chi connectivity index (χ1v) is 15.1. The topological polar surface area (TPSA) is 93.3 Å². The molecule has 3 aromatic heterocycles. The number of sulfonamides is 1. The normalized spacial score (nSPS) is 15.8. The molecule has 0 atom stereocenters. The summed E-state index contributed by atoms with van der Waals surface area (Å²) in [6.45, 7) is 0.378. The van der Waals surface area contributed by atoms with Crippen LogP contribution in [-0.2, 0) is 29.7 Å². The molecule has 1 aliphatic carbocycles. The molecule has 1 aromatic carbocycles. The van der Waals surface area contributed by atoms with Gasteiger partial charge in [-0.2, -0.15) is 17.5 Å². The van der Waals surface area contributed by atoms with Crippen LogP contribution >= 0.6 is 0 Å². The van der Waals surface area contributed by atoms with E-state index in [4.69, 9.17) is 0 Å². The number of hydrogen-bond donors (Lipinski definition) is 0. The number of halogens is 3. The zero-order chi connectivity index (χ0) is 29.8. The van der Waals surface area contributed by atoms with Crippen LogP contribution in [0.15, 0.2) is 65.9 Å². The minimum atomic E-state index is -4.72. The number of benzene rings is 1. The number of allylic oxidation sites excluding steroid dienone is 1. The summed E-state index contributed by atoms with van der Waals surface area (Å²) >= 11 is 0. The zero-order valence-electron chi connectivity index (χ0n) is 22.8. The van der Waals surface area contributed by atoms with Crippen molar-refractivity contribution in [2.75, 3.05) is 37.3 Å². The Morgan fingerprint density at radius 1 is 0.952 bits per heavy atom. The quantitative estimate of drug-likeness (QED) is 0.346. The van der Waals surface area contributed by atoms with E-state index in [-0.39, 0.29) is 37.6 Å². The maximum absolute atomic E-state index is 14.4. The lowest BCUT2D eigenvalue weighted by Gasteiger charge is -2.36. The Balaban J connectivity index is 1.40. The molecule has 9 nitrogen and oxygen atoms in total. The molecule has 42 heavy (non-hydrogen) atoms. The number of hydrogen-bond acceptors (Lipinski definition) is 6. The number of rotatable bonds is 5. The van der Waals surface area contributed by atoms with Gasteiger partial charge < -0.3 is 9.47 Å². The van der Waals surface area contributed by atoms with Crippen molar-refractivity contribution in [1.29, 1.82) is 0 Å². The molecule has 1 saturated heterocycles. The van der Waals surface area contributed by atoms with Gasteiger partial charge in [0.2, 0.25) is 10.0 Å². The van der Waals surface area contributed by atoms with Crippen molar-refractivity contribution in [3.8, 4) is 28.2 Å². The average molecular weight is 597 g/mol. The number of alkyl halides is 3. The molecule has 2 aliphatic rings. The van der Waals surface area contributed by atoms with E-state index in [1.807, 2.05) is 24.3 Å². The first-order chi connectivity index (χ1) is 19.9. The number of nitrogens with zero attached hydrogens (tertiary/aromatic N) is 6. The van der Waals surface area contributed by atoms with Crippen LogP contribution in [0.4, 0.5) is 18.9 Å².